The van der Waals surface area contributed by atoms with Gasteiger partial charge in [0.25, 0.3) is 0 Å². The molecule has 1 aliphatic rings. The van der Waals surface area contributed by atoms with Crippen LogP contribution >= 0.6 is 0 Å². The zero-order valence-electron chi connectivity index (χ0n) is 9.87. The molecule has 0 spiro atoms. The molecule has 4 nitrogen and oxygen atoms in total. The van der Waals surface area contributed by atoms with Crippen molar-refractivity contribution in [3.05, 3.63) is 23.8 Å². The van der Waals surface area contributed by atoms with Crippen molar-refractivity contribution in [1.82, 2.24) is 5.32 Å². The Morgan fingerprint density at radius 3 is 2.69 bits per heavy atom. The monoisotopic (exact) mass is 223 g/mol. The lowest BCUT2D eigenvalue weighted by molar-refractivity contribution is -0.119. The van der Waals surface area contributed by atoms with E-state index < -0.39 is 0 Å². The lowest BCUT2D eigenvalue weighted by atomic mass is 10.2. The molecule has 88 valence electrons. The smallest absolute Gasteiger partial charge is 0.231 e. The fourth-order valence-electron chi connectivity index (χ4n) is 1.28. The summed E-state index contributed by atoms with van der Waals surface area (Å²) in [6, 6.07) is 5.63. The number of benzene rings is 1. The molecule has 1 amide bonds. The number of fused-ring (bicyclic) bond motifs is 1. The number of nitrogens with one attached hydrogen (secondary N) is 1. The number of ether oxygens (including phenoxy) is 2. The number of carbonyl (C=O) groups is 1. The molecule has 0 aliphatic carbocycles. The molecule has 1 aromatic carbocycles. The molecule has 1 aliphatic heterocycles. The van der Waals surface area contributed by atoms with Gasteiger partial charge in [-0.1, -0.05) is 19.9 Å². The van der Waals surface area contributed by atoms with Crippen LogP contribution in [-0.2, 0) is 11.3 Å². The van der Waals surface area contributed by atoms with Crippen LogP contribution in [0, 0.1) is 0 Å². The van der Waals surface area contributed by atoms with Crippen molar-refractivity contribution >= 4 is 5.91 Å². The average Bonchev–Trinajstić information content (AvgIpc) is 2.76. The van der Waals surface area contributed by atoms with E-state index in [1.807, 2.05) is 32.0 Å². The Labute approximate surface area is 95.6 Å². The van der Waals surface area contributed by atoms with Crippen molar-refractivity contribution in [2.45, 2.75) is 27.3 Å². The second-order valence-electron chi connectivity index (χ2n) is 3.10. The van der Waals surface area contributed by atoms with Gasteiger partial charge in [0.1, 0.15) is 0 Å². The third-order valence-electron chi connectivity index (χ3n) is 1.98. The summed E-state index contributed by atoms with van der Waals surface area (Å²) in [5, 5.41) is 2.72. The molecule has 1 heterocycles. The summed E-state index contributed by atoms with van der Waals surface area (Å²) in [6.45, 7) is 6.29. The van der Waals surface area contributed by atoms with E-state index in [1.54, 1.807) is 0 Å². The quantitative estimate of drug-likeness (QED) is 0.835. The molecule has 0 aromatic heterocycles. The van der Waals surface area contributed by atoms with Crippen LogP contribution in [0.15, 0.2) is 18.2 Å². The normalized spacial score (nSPS) is 11.4. The number of rotatable bonds is 2. The van der Waals surface area contributed by atoms with Crippen LogP contribution in [0.1, 0.15) is 26.3 Å². The van der Waals surface area contributed by atoms with E-state index in [-0.39, 0.29) is 12.7 Å². The fourth-order valence-corrected chi connectivity index (χ4v) is 1.28. The third kappa shape index (κ3) is 3.15. The maximum atomic E-state index is 10.7. The maximum absolute atomic E-state index is 10.7. The van der Waals surface area contributed by atoms with E-state index in [0.717, 1.165) is 17.1 Å². The second kappa shape index (κ2) is 6.00. The summed E-state index contributed by atoms with van der Waals surface area (Å²) in [5.74, 6) is 1.46. The molecule has 0 bridgehead atoms. The van der Waals surface area contributed by atoms with Gasteiger partial charge < -0.3 is 14.8 Å². The molecule has 0 radical (unpaired) electrons. The van der Waals surface area contributed by atoms with E-state index in [2.05, 4.69) is 5.32 Å². The molecule has 16 heavy (non-hydrogen) atoms. The first-order valence-electron chi connectivity index (χ1n) is 5.38. The SMILES string of the molecule is CC.CC(=O)NCc1ccc2c(c1)OCO2. The van der Waals surface area contributed by atoms with Crippen LogP contribution in [0.25, 0.3) is 0 Å². The number of amides is 1. The van der Waals surface area contributed by atoms with Gasteiger partial charge in [-0.25, -0.2) is 0 Å². The highest BCUT2D eigenvalue weighted by Gasteiger charge is 2.12. The molecule has 2 rings (SSSR count). The Balaban J connectivity index is 0.000000606. The van der Waals surface area contributed by atoms with Crippen LogP contribution in [0.2, 0.25) is 0 Å². The lowest BCUT2D eigenvalue weighted by Crippen LogP contribution is -2.18. The molecule has 0 unspecified atom stereocenters. The summed E-state index contributed by atoms with van der Waals surface area (Å²) >= 11 is 0. The van der Waals surface area contributed by atoms with Crippen molar-refractivity contribution in [3.63, 3.8) is 0 Å². The zero-order valence-corrected chi connectivity index (χ0v) is 9.87. The standard InChI is InChI=1S/C10H11NO3.C2H6/c1-7(12)11-5-8-2-3-9-10(4-8)14-6-13-9;1-2/h2-4H,5-6H2,1H3,(H,11,12);1-2H3. The van der Waals surface area contributed by atoms with Crippen molar-refractivity contribution < 1.29 is 14.3 Å². The van der Waals surface area contributed by atoms with Gasteiger partial charge in [0.2, 0.25) is 12.7 Å². The van der Waals surface area contributed by atoms with Crippen molar-refractivity contribution in [3.8, 4) is 11.5 Å². The topological polar surface area (TPSA) is 47.6 Å². The number of carbonyl (C=O) groups excluding carboxylic acids is 1. The van der Waals surface area contributed by atoms with Crippen LogP contribution < -0.4 is 14.8 Å². The first-order valence-corrected chi connectivity index (χ1v) is 5.38. The van der Waals surface area contributed by atoms with Crippen LogP contribution in [-0.4, -0.2) is 12.7 Å². The second-order valence-corrected chi connectivity index (χ2v) is 3.10. The molecular weight excluding hydrogens is 206 g/mol. The molecule has 0 saturated heterocycles. The van der Waals surface area contributed by atoms with E-state index in [0.29, 0.717) is 6.54 Å². The molecule has 1 N–H and O–H groups in total. The summed E-state index contributed by atoms with van der Waals surface area (Å²) in [7, 11) is 0. The maximum Gasteiger partial charge on any atom is 0.231 e. The van der Waals surface area contributed by atoms with Crippen LogP contribution in [0.5, 0.6) is 11.5 Å². The predicted octanol–water partition coefficient (Wildman–Crippen LogP) is 2.08. The number of hydrogen-bond donors (Lipinski definition) is 1. The molecular formula is C12H17NO3. The Hall–Kier alpha value is -1.71. The molecule has 1 aromatic rings. The van der Waals surface area contributed by atoms with Crippen LogP contribution in [0.3, 0.4) is 0 Å². The number of hydrogen-bond acceptors (Lipinski definition) is 3. The van der Waals surface area contributed by atoms with Crippen LogP contribution in [0.4, 0.5) is 0 Å². The van der Waals surface area contributed by atoms with E-state index in [1.165, 1.54) is 6.92 Å². The zero-order chi connectivity index (χ0) is 12.0. The minimum atomic E-state index is -0.0392. The first kappa shape index (κ1) is 12.4. The third-order valence-corrected chi connectivity index (χ3v) is 1.98. The van der Waals surface area contributed by atoms with Crippen molar-refractivity contribution in [2.24, 2.45) is 0 Å². The van der Waals surface area contributed by atoms with Crippen molar-refractivity contribution in [2.75, 3.05) is 6.79 Å². The minimum Gasteiger partial charge on any atom is -0.454 e. The van der Waals surface area contributed by atoms with Gasteiger partial charge in [0.05, 0.1) is 0 Å². The van der Waals surface area contributed by atoms with Gasteiger partial charge in [-0.3, -0.25) is 4.79 Å². The molecule has 0 saturated carbocycles. The fraction of sp³-hybridized carbons (Fsp3) is 0.417. The summed E-state index contributed by atoms with van der Waals surface area (Å²) < 4.78 is 10.4. The first-order chi connectivity index (χ1) is 7.75. The summed E-state index contributed by atoms with van der Waals surface area (Å²) in [4.78, 5) is 10.7. The molecule has 4 heteroatoms. The Morgan fingerprint density at radius 2 is 2.00 bits per heavy atom. The van der Waals surface area contributed by atoms with Crippen molar-refractivity contribution in [1.29, 1.82) is 0 Å². The highest BCUT2D eigenvalue weighted by atomic mass is 16.7. The predicted molar refractivity (Wildman–Crippen MR) is 61.4 cm³/mol. The summed E-state index contributed by atoms with van der Waals surface area (Å²) in [5.41, 5.74) is 1.00. The molecule has 0 fully saturated rings. The van der Waals surface area contributed by atoms with Gasteiger partial charge >= 0.3 is 0 Å². The average molecular weight is 223 g/mol. The van der Waals surface area contributed by atoms with E-state index in [9.17, 15) is 4.79 Å². The lowest BCUT2D eigenvalue weighted by Gasteiger charge is -2.03. The van der Waals surface area contributed by atoms with Gasteiger partial charge in [-0.2, -0.15) is 0 Å². The minimum absolute atomic E-state index is 0.0392. The molecule has 0 atom stereocenters. The van der Waals surface area contributed by atoms with E-state index >= 15 is 0 Å². The Bertz CT molecular complexity index is 363. The van der Waals surface area contributed by atoms with Gasteiger partial charge in [-0.15, -0.1) is 0 Å². The van der Waals surface area contributed by atoms with Gasteiger partial charge in [0, 0.05) is 13.5 Å². The summed E-state index contributed by atoms with van der Waals surface area (Å²) in [6.07, 6.45) is 0. The van der Waals surface area contributed by atoms with Gasteiger partial charge in [0.15, 0.2) is 11.5 Å². The largest absolute Gasteiger partial charge is 0.454 e. The van der Waals surface area contributed by atoms with E-state index in [4.69, 9.17) is 9.47 Å². The highest BCUT2D eigenvalue weighted by molar-refractivity contribution is 5.72. The Kier molecular flexibility index (Phi) is 4.64. The highest BCUT2D eigenvalue weighted by Crippen LogP contribution is 2.32. The van der Waals surface area contributed by atoms with Gasteiger partial charge in [-0.05, 0) is 17.7 Å². The Morgan fingerprint density at radius 1 is 1.31 bits per heavy atom.